The third kappa shape index (κ3) is 2.74. The Morgan fingerprint density at radius 1 is 1.05 bits per heavy atom. The minimum absolute atomic E-state index is 0.617. The van der Waals surface area contributed by atoms with E-state index >= 15 is 0 Å². The van der Waals surface area contributed by atoms with Crippen molar-refractivity contribution >= 4 is 10.9 Å². The summed E-state index contributed by atoms with van der Waals surface area (Å²) in [5.41, 5.74) is 9.67. The zero-order chi connectivity index (χ0) is 13.9. The molecule has 0 saturated carbocycles. The average Bonchev–Trinajstić information content (AvgIpc) is 2.66. The standard InChI is InChI=1S/C17H25N3/c1-19-16(13-20-8-4-2-3-5-9-20)11-15-10-14(12-18)6-7-17(15)19/h6-7,10-11H,2-5,8-9,12-13,18H2,1H3. The van der Waals surface area contributed by atoms with Crippen molar-refractivity contribution in [2.45, 2.75) is 38.8 Å². The van der Waals surface area contributed by atoms with Gasteiger partial charge in [-0.15, -0.1) is 0 Å². The van der Waals surface area contributed by atoms with Crippen LogP contribution in [0, 0.1) is 0 Å². The van der Waals surface area contributed by atoms with Crippen LogP contribution in [-0.4, -0.2) is 22.6 Å². The second kappa shape index (κ2) is 5.98. The first kappa shape index (κ1) is 13.7. The number of rotatable bonds is 3. The van der Waals surface area contributed by atoms with Gasteiger partial charge in [-0.3, -0.25) is 4.90 Å². The van der Waals surface area contributed by atoms with Crippen molar-refractivity contribution in [3.63, 3.8) is 0 Å². The fraction of sp³-hybridized carbons (Fsp3) is 0.529. The van der Waals surface area contributed by atoms with Crippen molar-refractivity contribution in [3.8, 4) is 0 Å². The summed E-state index contributed by atoms with van der Waals surface area (Å²) in [6.07, 6.45) is 5.49. The fourth-order valence-electron chi connectivity index (χ4n) is 3.26. The van der Waals surface area contributed by atoms with E-state index in [1.165, 1.54) is 60.9 Å². The highest BCUT2D eigenvalue weighted by Gasteiger charge is 2.13. The van der Waals surface area contributed by atoms with Gasteiger partial charge in [0.15, 0.2) is 0 Å². The number of nitrogens with two attached hydrogens (primary N) is 1. The summed E-state index contributed by atoms with van der Waals surface area (Å²) in [4.78, 5) is 2.60. The van der Waals surface area contributed by atoms with E-state index < -0.39 is 0 Å². The number of benzene rings is 1. The van der Waals surface area contributed by atoms with Gasteiger partial charge in [0.25, 0.3) is 0 Å². The van der Waals surface area contributed by atoms with Crippen LogP contribution in [0.3, 0.4) is 0 Å². The Balaban J connectivity index is 1.85. The molecule has 0 amide bonds. The molecule has 0 unspecified atom stereocenters. The summed E-state index contributed by atoms with van der Waals surface area (Å²) < 4.78 is 2.33. The highest BCUT2D eigenvalue weighted by molar-refractivity contribution is 5.82. The molecule has 3 rings (SSSR count). The van der Waals surface area contributed by atoms with Gasteiger partial charge in [0.05, 0.1) is 0 Å². The van der Waals surface area contributed by atoms with Crippen molar-refractivity contribution in [1.29, 1.82) is 0 Å². The molecule has 2 aromatic rings. The van der Waals surface area contributed by atoms with Gasteiger partial charge in [-0.1, -0.05) is 18.9 Å². The molecule has 0 aliphatic carbocycles. The van der Waals surface area contributed by atoms with E-state index in [4.69, 9.17) is 5.73 Å². The van der Waals surface area contributed by atoms with Gasteiger partial charge in [0.1, 0.15) is 0 Å². The average molecular weight is 271 g/mol. The monoisotopic (exact) mass is 271 g/mol. The predicted molar refractivity (Wildman–Crippen MR) is 84.6 cm³/mol. The van der Waals surface area contributed by atoms with Crippen molar-refractivity contribution in [2.24, 2.45) is 12.8 Å². The maximum Gasteiger partial charge on any atom is 0.0480 e. The van der Waals surface area contributed by atoms with Gasteiger partial charge in [0, 0.05) is 36.7 Å². The number of fused-ring (bicyclic) bond motifs is 1. The molecular weight excluding hydrogens is 246 g/mol. The van der Waals surface area contributed by atoms with Crippen LogP contribution in [0.2, 0.25) is 0 Å². The van der Waals surface area contributed by atoms with Crippen molar-refractivity contribution < 1.29 is 0 Å². The molecule has 1 fully saturated rings. The van der Waals surface area contributed by atoms with Crippen LogP contribution in [0.25, 0.3) is 10.9 Å². The Bertz CT molecular complexity index is 577. The molecule has 20 heavy (non-hydrogen) atoms. The maximum absolute atomic E-state index is 5.74. The van der Waals surface area contributed by atoms with Gasteiger partial charge in [-0.25, -0.2) is 0 Å². The van der Waals surface area contributed by atoms with Crippen molar-refractivity contribution in [2.75, 3.05) is 13.1 Å². The highest BCUT2D eigenvalue weighted by Crippen LogP contribution is 2.22. The second-order valence-electron chi connectivity index (χ2n) is 5.98. The van der Waals surface area contributed by atoms with Crippen LogP contribution in [0.4, 0.5) is 0 Å². The number of aryl methyl sites for hydroxylation is 1. The Kier molecular flexibility index (Phi) is 4.08. The number of hydrogen-bond donors (Lipinski definition) is 1. The molecule has 1 aliphatic rings. The second-order valence-corrected chi connectivity index (χ2v) is 5.98. The van der Waals surface area contributed by atoms with E-state index in [1.807, 2.05) is 0 Å². The Morgan fingerprint density at radius 2 is 1.80 bits per heavy atom. The third-order valence-corrected chi connectivity index (χ3v) is 4.53. The molecule has 3 heteroatoms. The molecule has 3 nitrogen and oxygen atoms in total. The molecule has 0 spiro atoms. The van der Waals surface area contributed by atoms with Crippen LogP contribution in [-0.2, 0) is 20.1 Å². The first-order valence-electron chi connectivity index (χ1n) is 7.77. The van der Waals surface area contributed by atoms with E-state index in [0.29, 0.717) is 6.54 Å². The lowest BCUT2D eigenvalue weighted by atomic mass is 10.1. The van der Waals surface area contributed by atoms with E-state index in [-0.39, 0.29) is 0 Å². The molecule has 0 atom stereocenters. The predicted octanol–water partition coefficient (Wildman–Crippen LogP) is 3.01. The maximum atomic E-state index is 5.74. The van der Waals surface area contributed by atoms with Gasteiger partial charge in [-0.05, 0) is 49.7 Å². The number of hydrogen-bond acceptors (Lipinski definition) is 2. The topological polar surface area (TPSA) is 34.2 Å². The smallest absolute Gasteiger partial charge is 0.0480 e. The summed E-state index contributed by atoms with van der Waals surface area (Å²) in [5.74, 6) is 0. The molecule has 1 saturated heterocycles. The van der Waals surface area contributed by atoms with Gasteiger partial charge in [0.2, 0.25) is 0 Å². The summed E-state index contributed by atoms with van der Waals surface area (Å²) in [7, 11) is 2.18. The Hall–Kier alpha value is -1.32. The minimum atomic E-state index is 0.617. The van der Waals surface area contributed by atoms with Gasteiger partial charge in [-0.2, -0.15) is 0 Å². The van der Waals surface area contributed by atoms with E-state index in [2.05, 4.69) is 40.8 Å². The zero-order valence-corrected chi connectivity index (χ0v) is 12.4. The normalized spacial score (nSPS) is 17.5. The quantitative estimate of drug-likeness (QED) is 0.931. The Labute approximate surface area is 121 Å². The molecule has 1 aromatic carbocycles. The molecular formula is C17H25N3. The van der Waals surface area contributed by atoms with Crippen molar-refractivity contribution in [3.05, 3.63) is 35.5 Å². The summed E-state index contributed by atoms with van der Waals surface area (Å²) in [5, 5.41) is 1.32. The van der Waals surface area contributed by atoms with Crippen LogP contribution in [0.1, 0.15) is 36.9 Å². The largest absolute Gasteiger partial charge is 0.346 e. The Morgan fingerprint density at radius 3 is 2.50 bits per heavy atom. The number of nitrogens with zero attached hydrogens (tertiary/aromatic N) is 2. The SMILES string of the molecule is Cn1c(CN2CCCCCC2)cc2cc(CN)ccc21. The van der Waals surface area contributed by atoms with Crippen LogP contribution in [0.15, 0.2) is 24.3 Å². The molecule has 108 valence electrons. The van der Waals surface area contributed by atoms with E-state index in [1.54, 1.807) is 0 Å². The molecule has 1 aliphatic heterocycles. The zero-order valence-electron chi connectivity index (χ0n) is 12.4. The molecule has 1 aromatic heterocycles. The molecule has 2 N–H and O–H groups in total. The van der Waals surface area contributed by atoms with Crippen LogP contribution < -0.4 is 5.73 Å². The van der Waals surface area contributed by atoms with Crippen LogP contribution >= 0.6 is 0 Å². The van der Waals surface area contributed by atoms with E-state index in [9.17, 15) is 0 Å². The number of likely N-dealkylation sites (tertiary alicyclic amines) is 1. The summed E-state index contributed by atoms with van der Waals surface area (Å²) in [6.45, 7) is 4.18. The van der Waals surface area contributed by atoms with Crippen molar-refractivity contribution in [1.82, 2.24) is 9.47 Å². The fourth-order valence-corrected chi connectivity index (χ4v) is 3.26. The third-order valence-electron chi connectivity index (χ3n) is 4.53. The first-order chi connectivity index (χ1) is 9.78. The minimum Gasteiger partial charge on any atom is -0.346 e. The lowest BCUT2D eigenvalue weighted by molar-refractivity contribution is 0.271. The lowest BCUT2D eigenvalue weighted by Crippen LogP contribution is -2.25. The van der Waals surface area contributed by atoms with Gasteiger partial charge >= 0.3 is 0 Å². The molecule has 0 bridgehead atoms. The molecule has 2 heterocycles. The van der Waals surface area contributed by atoms with E-state index in [0.717, 1.165) is 6.54 Å². The number of aromatic nitrogens is 1. The van der Waals surface area contributed by atoms with Crippen LogP contribution in [0.5, 0.6) is 0 Å². The summed E-state index contributed by atoms with van der Waals surface area (Å²) in [6, 6.07) is 8.89. The van der Waals surface area contributed by atoms with Gasteiger partial charge < -0.3 is 10.3 Å². The molecule has 0 radical (unpaired) electrons. The first-order valence-corrected chi connectivity index (χ1v) is 7.77. The lowest BCUT2D eigenvalue weighted by Gasteiger charge is -2.20. The highest BCUT2D eigenvalue weighted by atomic mass is 15.1. The summed E-state index contributed by atoms with van der Waals surface area (Å²) >= 11 is 0.